The zero-order valence-electron chi connectivity index (χ0n) is 12.6. The number of esters is 1. The van der Waals surface area contributed by atoms with Gasteiger partial charge in [0.15, 0.2) is 0 Å². The van der Waals surface area contributed by atoms with E-state index in [0.29, 0.717) is 35.0 Å². The number of anilines is 2. The maximum Gasteiger partial charge on any atom is 0.340 e. The van der Waals surface area contributed by atoms with Crippen molar-refractivity contribution in [1.29, 1.82) is 0 Å². The Kier molecular flexibility index (Phi) is 5.73. The summed E-state index contributed by atoms with van der Waals surface area (Å²) in [6, 6.07) is 2.10. The molecule has 0 amide bonds. The van der Waals surface area contributed by atoms with E-state index >= 15 is 0 Å². The molecule has 1 aromatic rings. The van der Waals surface area contributed by atoms with Gasteiger partial charge < -0.3 is 15.8 Å². The van der Waals surface area contributed by atoms with Gasteiger partial charge >= 0.3 is 5.97 Å². The summed E-state index contributed by atoms with van der Waals surface area (Å²) >= 11 is 1.98. The molecule has 1 aliphatic rings. The molecule has 2 rings (SSSR count). The Bertz CT molecular complexity index is 496. The van der Waals surface area contributed by atoms with Gasteiger partial charge in [-0.05, 0) is 31.6 Å². The van der Waals surface area contributed by atoms with Crippen LogP contribution in [0.4, 0.5) is 11.5 Å². The fourth-order valence-electron chi connectivity index (χ4n) is 2.63. The number of nitrogen functional groups attached to an aromatic ring is 1. The average Bonchev–Trinajstić information content (AvgIpc) is 2.89. The van der Waals surface area contributed by atoms with E-state index < -0.39 is 5.97 Å². The zero-order valence-corrected chi connectivity index (χ0v) is 13.4. The highest BCUT2D eigenvalue weighted by Crippen LogP contribution is 2.32. The molecule has 21 heavy (non-hydrogen) atoms. The Labute approximate surface area is 130 Å². The molecule has 1 fully saturated rings. The summed E-state index contributed by atoms with van der Waals surface area (Å²) in [5, 5.41) is 4.06. The smallest absolute Gasteiger partial charge is 0.340 e. The monoisotopic (exact) mass is 309 g/mol. The van der Waals surface area contributed by atoms with E-state index in [0.717, 1.165) is 12.2 Å². The standard InChI is InChI=1S/C15H23N3O2S/c1-3-20-15(19)10-8-14(17-9-11(10)16)18-12-6-5-7-13(12)21-4-2/h8-9,12-13H,3-7,16H2,1-2H3,(H,17,18). The number of pyridine rings is 1. The van der Waals surface area contributed by atoms with Crippen LogP contribution in [-0.4, -0.2) is 34.6 Å². The molecule has 6 heteroatoms. The van der Waals surface area contributed by atoms with Crippen molar-refractivity contribution in [2.45, 2.75) is 44.4 Å². The number of nitrogens with zero attached hydrogens (tertiary/aromatic N) is 1. The second-order valence-corrected chi connectivity index (χ2v) is 6.57. The lowest BCUT2D eigenvalue weighted by Gasteiger charge is -2.21. The van der Waals surface area contributed by atoms with Crippen LogP contribution in [0.1, 0.15) is 43.5 Å². The second-order valence-electron chi connectivity index (χ2n) is 5.05. The highest BCUT2D eigenvalue weighted by atomic mass is 32.2. The summed E-state index contributed by atoms with van der Waals surface area (Å²) < 4.78 is 5.01. The molecule has 3 N–H and O–H groups in total. The van der Waals surface area contributed by atoms with Crippen LogP contribution in [0.15, 0.2) is 12.3 Å². The van der Waals surface area contributed by atoms with Gasteiger partial charge in [-0.1, -0.05) is 13.3 Å². The lowest BCUT2D eigenvalue weighted by atomic mass is 10.2. The van der Waals surface area contributed by atoms with E-state index in [1.165, 1.54) is 19.0 Å². The number of aromatic nitrogens is 1. The van der Waals surface area contributed by atoms with Gasteiger partial charge in [-0.25, -0.2) is 9.78 Å². The van der Waals surface area contributed by atoms with Crippen molar-refractivity contribution in [1.82, 2.24) is 4.98 Å². The number of hydrogen-bond acceptors (Lipinski definition) is 6. The maximum absolute atomic E-state index is 11.9. The number of carbonyl (C=O) groups excluding carboxylic acids is 1. The van der Waals surface area contributed by atoms with Gasteiger partial charge in [-0.2, -0.15) is 11.8 Å². The number of nitrogens with one attached hydrogen (secondary N) is 1. The summed E-state index contributed by atoms with van der Waals surface area (Å²) in [7, 11) is 0. The van der Waals surface area contributed by atoms with Crippen LogP contribution in [0.25, 0.3) is 0 Å². The van der Waals surface area contributed by atoms with Gasteiger partial charge in [0, 0.05) is 11.3 Å². The number of nitrogens with two attached hydrogens (primary N) is 1. The first-order chi connectivity index (χ1) is 10.2. The first-order valence-electron chi connectivity index (χ1n) is 7.46. The lowest BCUT2D eigenvalue weighted by molar-refractivity contribution is 0.0527. The molecular formula is C15H23N3O2S. The summed E-state index contributed by atoms with van der Waals surface area (Å²) in [5.41, 5.74) is 6.54. The van der Waals surface area contributed by atoms with Crippen LogP contribution in [0.5, 0.6) is 0 Å². The zero-order chi connectivity index (χ0) is 15.2. The van der Waals surface area contributed by atoms with Crippen LogP contribution in [0.3, 0.4) is 0 Å². The third kappa shape index (κ3) is 4.03. The van der Waals surface area contributed by atoms with Crippen molar-refractivity contribution in [2.75, 3.05) is 23.4 Å². The normalized spacial score (nSPS) is 21.2. The van der Waals surface area contributed by atoms with Gasteiger partial charge in [0.05, 0.1) is 24.1 Å². The molecule has 116 valence electrons. The molecule has 1 aromatic heterocycles. The van der Waals surface area contributed by atoms with Gasteiger partial charge in [0.25, 0.3) is 0 Å². The molecule has 0 radical (unpaired) electrons. The Balaban J connectivity index is 2.10. The van der Waals surface area contributed by atoms with E-state index in [1.807, 2.05) is 11.8 Å². The highest BCUT2D eigenvalue weighted by Gasteiger charge is 2.27. The summed E-state index contributed by atoms with van der Waals surface area (Å²) in [6.45, 7) is 4.29. The Morgan fingerprint density at radius 2 is 2.33 bits per heavy atom. The quantitative estimate of drug-likeness (QED) is 0.787. The van der Waals surface area contributed by atoms with Crippen LogP contribution < -0.4 is 11.1 Å². The third-order valence-electron chi connectivity index (χ3n) is 3.60. The van der Waals surface area contributed by atoms with Crippen molar-refractivity contribution >= 4 is 29.2 Å². The van der Waals surface area contributed by atoms with Gasteiger partial charge in [0.1, 0.15) is 5.82 Å². The fourth-order valence-corrected chi connectivity index (χ4v) is 3.82. The Morgan fingerprint density at radius 1 is 1.52 bits per heavy atom. The van der Waals surface area contributed by atoms with Crippen molar-refractivity contribution in [3.05, 3.63) is 17.8 Å². The fraction of sp³-hybridized carbons (Fsp3) is 0.600. The minimum Gasteiger partial charge on any atom is -0.462 e. The van der Waals surface area contributed by atoms with Crippen LogP contribution >= 0.6 is 11.8 Å². The molecule has 1 saturated carbocycles. The molecule has 2 unspecified atom stereocenters. The summed E-state index contributed by atoms with van der Waals surface area (Å²) in [5.74, 6) is 1.42. The molecule has 0 bridgehead atoms. The SMILES string of the molecule is CCOC(=O)c1cc(NC2CCCC2SCC)ncc1N. The molecule has 5 nitrogen and oxygen atoms in total. The predicted octanol–water partition coefficient (Wildman–Crippen LogP) is 2.93. The third-order valence-corrected chi connectivity index (χ3v) is 4.92. The molecule has 0 saturated heterocycles. The maximum atomic E-state index is 11.9. The van der Waals surface area contributed by atoms with Crippen molar-refractivity contribution < 1.29 is 9.53 Å². The Hall–Kier alpha value is -1.43. The summed E-state index contributed by atoms with van der Waals surface area (Å²) in [4.78, 5) is 16.1. The summed E-state index contributed by atoms with van der Waals surface area (Å²) in [6.07, 6.45) is 5.12. The first kappa shape index (κ1) is 15.9. The minimum atomic E-state index is -0.397. The number of hydrogen-bond donors (Lipinski definition) is 2. The average molecular weight is 309 g/mol. The molecule has 2 atom stereocenters. The molecular weight excluding hydrogens is 286 g/mol. The van der Waals surface area contributed by atoms with E-state index in [1.54, 1.807) is 13.0 Å². The van der Waals surface area contributed by atoms with E-state index in [9.17, 15) is 4.79 Å². The van der Waals surface area contributed by atoms with Gasteiger partial charge in [0.2, 0.25) is 0 Å². The lowest BCUT2D eigenvalue weighted by Crippen LogP contribution is -2.27. The number of ether oxygens (including phenoxy) is 1. The van der Waals surface area contributed by atoms with E-state index in [2.05, 4.69) is 17.2 Å². The topological polar surface area (TPSA) is 77.2 Å². The Morgan fingerprint density at radius 3 is 3.05 bits per heavy atom. The van der Waals surface area contributed by atoms with Gasteiger partial charge in [-0.3, -0.25) is 0 Å². The first-order valence-corrected chi connectivity index (χ1v) is 8.51. The number of thioether (sulfide) groups is 1. The van der Waals surface area contributed by atoms with Crippen molar-refractivity contribution in [3.8, 4) is 0 Å². The van der Waals surface area contributed by atoms with Crippen LogP contribution in [-0.2, 0) is 4.74 Å². The van der Waals surface area contributed by atoms with Crippen LogP contribution in [0, 0.1) is 0 Å². The second kappa shape index (κ2) is 7.54. The molecule has 0 aliphatic heterocycles. The number of carbonyl (C=O) groups is 1. The molecule has 1 aliphatic carbocycles. The molecule has 0 aromatic carbocycles. The number of rotatable bonds is 6. The van der Waals surface area contributed by atoms with Crippen molar-refractivity contribution in [2.24, 2.45) is 0 Å². The largest absolute Gasteiger partial charge is 0.462 e. The highest BCUT2D eigenvalue weighted by molar-refractivity contribution is 7.99. The molecule has 1 heterocycles. The van der Waals surface area contributed by atoms with Gasteiger partial charge in [-0.15, -0.1) is 0 Å². The minimum absolute atomic E-state index is 0.335. The van der Waals surface area contributed by atoms with Crippen molar-refractivity contribution in [3.63, 3.8) is 0 Å². The van der Waals surface area contributed by atoms with Crippen LogP contribution in [0.2, 0.25) is 0 Å². The predicted molar refractivity (Wildman–Crippen MR) is 87.8 cm³/mol. The van der Waals surface area contributed by atoms with E-state index in [4.69, 9.17) is 10.5 Å². The van der Waals surface area contributed by atoms with E-state index in [-0.39, 0.29) is 0 Å². The molecule has 0 spiro atoms.